The Morgan fingerprint density at radius 3 is 2.47 bits per heavy atom. The van der Waals surface area contributed by atoms with Crippen molar-refractivity contribution in [3.05, 3.63) is 92.8 Å². The van der Waals surface area contributed by atoms with Crippen molar-refractivity contribution >= 4 is 75.1 Å². The first-order valence-electron chi connectivity index (χ1n) is 11.7. The largest absolute Gasteiger partial charge is 0.451 e. The number of hydrogen-bond acceptors (Lipinski definition) is 6. The first-order valence-corrected chi connectivity index (χ1v) is 13.8. The molecular weight excluding hydrogens is 563 g/mol. The third-order valence-corrected chi connectivity index (χ3v) is 7.61. The third-order valence-electron chi connectivity index (χ3n) is 6.01. The summed E-state index contributed by atoms with van der Waals surface area (Å²) >= 11 is 19.4. The molecule has 1 saturated heterocycles. The zero-order chi connectivity index (χ0) is 26.6. The smallest absolute Gasteiger partial charge is 0.293 e. The number of rotatable bonds is 5. The molecule has 11 heteroatoms. The summed E-state index contributed by atoms with van der Waals surface area (Å²) in [6.07, 6.45) is 0. The van der Waals surface area contributed by atoms with E-state index in [0.717, 1.165) is 16.1 Å². The van der Waals surface area contributed by atoms with Crippen molar-refractivity contribution in [2.45, 2.75) is 0 Å². The van der Waals surface area contributed by atoms with E-state index >= 15 is 0 Å². The number of nitrogens with zero attached hydrogens (tertiary/aromatic N) is 2. The van der Waals surface area contributed by atoms with Gasteiger partial charge in [-0.25, -0.2) is 0 Å². The number of carbonyl (C=O) groups excluding carboxylic acids is 2. The minimum Gasteiger partial charge on any atom is -0.451 e. The van der Waals surface area contributed by atoms with E-state index in [1.165, 1.54) is 11.3 Å². The molecule has 38 heavy (non-hydrogen) atoms. The summed E-state index contributed by atoms with van der Waals surface area (Å²) < 4.78 is 5.67. The summed E-state index contributed by atoms with van der Waals surface area (Å²) in [5, 5.41) is 8.74. The van der Waals surface area contributed by atoms with Gasteiger partial charge in [-0.15, -0.1) is 11.3 Å². The van der Waals surface area contributed by atoms with Crippen LogP contribution >= 0.6 is 46.8 Å². The lowest BCUT2D eigenvalue weighted by Gasteiger charge is -2.36. The Balaban J connectivity index is 1.15. The summed E-state index contributed by atoms with van der Waals surface area (Å²) in [5.74, 6) is 0.231. The van der Waals surface area contributed by atoms with Crippen LogP contribution in [0.15, 0.2) is 76.5 Å². The molecule has 0 atom stereocenters. The Kier molecular flexibility index (Phi) is 7.99. The number of nitrogens with one attached hydrogen (secondary N) is 2. The molecule has 3 heterocycles. The van der Waals surface area contributed by atoms with Gasteiger partial charge in [-0.2, -0.15) is 0 Å². The molecule has 4 aromatic rings. The van der Waals surface area contributed by atoms with E-state index in [4.69, 9.17) is 39.8 Å². The lowest BCUT2D eigenvalue weighted by atomic mass is 10.2. The van der Waals surface area contributed by atoms with Crippen molar-refractivity contribution in [2.75, 3.05) is 36.4 Å². The zero-order valence-electron chi connectivity index (χ0n) is 19.9. The summed E-state index contributed by atoms with van der Waals surface area (Å²) in [7, 11) is 0. The van der Waals surface area contributed by atoms with Crippen LogP contribution in [0.25, 0.3) is 11.3 Å². The van der Waals surface area contributed by atoms with Gasteiger partial charge in [0.25, 0.3) is 11.8 Å². The highest BCUT2D eigenvalue weighted by Gasteiger charge is 2.24. The summed E-state index contributed by atoms with van der Waals surface area (Å²) in [4.78, 5) is 30.0. The van der Waals surface area contributed by atoms with Gasteiger partial charge in [0.05, 0.1) is 15.6 Å². The van der Waals surface area contributed by atoms with E-state index in [9.17, 15) is 9.59 Å². The van der Waals surface area contributed by atoms with Crippen molar-refractivity contribution in [1.82, 2.24) is 10.2 Å². The maximum absolute atomic E-state index is 12.6. The average Bonchev–Trinajstić information content (AvgIpc) is 3.62. The van der Waals surface area contributed by atoms with Gasteiger partial charge in [0, 0.05) is 42.5 Å². The Morgan fingerprint density at radius 2 is 1.76 bits per heavy atom. The zero-order valence-corrected chi connectivity index (χ0v) is 23.1. The predicted molar refractivity (Wildman–Crippen MR) is 157 cm³/mol. The van der Waals surface area contributed by atoms with Gasteiger partial charge in [-0.3, -0.25) is 14.9 Å². The van der Waals surface area contributed by atoms with Gasteiger partial charge in [0.2, 0.25) is 0 Å². The predicted octanol–water partition coefficient (Wildman–Crippen LogP) is 6.40. The van der Waals surface area contributed by atoms with Crippen LogP contribution in [-0.2, 0) is 0 Å². The van der Waals surface area contributed by atoms with Crippen molar-refractivity contribution < 1.29 is 14.0 Å². The first kappa shape index (κ1) is 26.2. The van der Waals surface area contributed by atoms with Crippen molar-refractivity contribution in [3.63, 3.8) is 0 Å². The molecule has 0 radical (unpaired) electrons. The number of halogens is 2. The van der Waals surface area contributed by atoms with Crippen LogP contribution in [0.1, 0.15) is 20.2 Å². The fraction of sp³-hybridized carbons (Fsp3) is 0.148. The maximum Gasteiger partial charge on any atom is 0.293 e. The fourth-order valence-corrected chi connectivity index (χ4v) is 5.52. The average molecular weight is 586 g/mol. The van der Waals surface area contributed by atoms with E-state index in [-0.39, 0.29) is 16.8 Å². The van der Waals surface area contributed by atoms with Crippen LogP contribution in [0, 0.1) is 0 Å². The van der Waals surface area contributed by atoms with Gasteiger partial charge >= 0.3 is 0 Å². The lowest BCUT2D eigenvalue weighted by molar-refractivity contribution is 0.0751. The lowest BCUT2D eigenvalue weighted by Crippen LogP contribution is -2.48. The molecule has 7 nitrogen and oxygen atoms in total. The van der Waals surface area contributed by atoms with Crippen molar-refractivity contribution in [3.8, 4) is 11.3 Å². The molecule has 194 valence electrons. The highest BCUT2D eigenvalue weighted by atomic mass is 35.5. The second kappa shape index (κ2) is 11.6. The highest BCUT2D eigenvalue weighted by molar-refractivity contribution is 7.80. The van der Waals surface area contributed by atoms with Crippen LogP contribution in [0.5, 0.6) is 0 Å². The summed E-state index contributed by atoms with van der Waals surface area (Å²) in [5.41, 5.74) is 2.27. The number of carbonyl (C=O) groups is 2. The van der Waals surface area contributed by atoms with Crippen LogP contribution in [0.2, 0.25) is 10.0 Å². The van der Waals surface area contributed by atoms with E-state index < -0.39 is 5.91 Å². The number of thiocarbonyl (C=S) groups is 1. The molecule has 0 aliphatic carbocycles. The number of thiophene rings is 1. The Hall–Kier alpha value is -3.37. The van der Waals surface area contributed by atoms with E-state index in [1.807, 2.05) is 46.7 Å². The number of benzene rings is 2. The van der Waals surface area contributed by atoms with E-state index in [2.05, 4.69) is 15.5 Å². The Morgan fingerprint density at radius 1 is 0.947 bits per heavy atom. The molecule has 2 amide bonds. The molecule has 0 saturated carbocycles. The van der Waals surface area contributed by atoms with Gasteiger partial charge in [-0.1, -0.05) is 41.4 Å². The number of furan rings is 1. The third kappa shape index (κ3) is 6.02. The maximum atomic E-state index is 12.6. The molecular formula is C27H22Cl2N4O3S2. The van der Waals surface area contributed by atoms with Gasteiger partial charge in [0.1, 0.15) is 5.76 Å². The molecule has 5 rings (SSSR count). The summed E-state index contributed by atoms with van der Waals surface area (Å²) in [6, 6.07) is 19.7. The monoisotopic (exact) mass is 584 g/mol. The molecule has 0 bridgehead atoms. The topological polar surface area (TPSA) is 77.8 Å². The molecule has 2 aromatic heterocycles. The molecule has 1 fully saturated rings. The second-order valence-corrected chi connectivity index (χ2v) is 10.7. The molecule has 0 unspecified atom stereocenters. The molecule has 2 N–H and O–H groups in total. The minimum atomic E-state index is -0.478. The molecule has 2 aromatic carbocycles. The second-order valence-electron chi connectivity index (χ2n) is 8.51. The number of hydrogen-bond donors (Lipinski definition) is 2. The van der Waals surface area contributed by atoms with Crippen LogP contribution in [-0.4, -0.2) is 48.0 Å². The summed E-state index contributed by atoms with van der Waals surface area (Å²) in [6.45, 7) is 2.60. The quantitative estimate of drug-likeness (QED) is 0.264. The van der Waals surface area contributed by atoms with Crippen LogP contribution in [0.4, 0.5) is 11.4 Å². The highest BCUT2D eigenvalue weighted by Crippen LogP contribution is 2.30. The van der Waals surface area contributed by atoms with E-state index in [0.29, 0.717) is 47.7 Å². The molecule has 1 aliphatic rings. The standard InChI is InChI=1S/C27H22Cl2N4O3S2/c28-18-4-1-3-17(15-18)22-8-9-23(36-22)25(34)31-27(37)30-19-6-7-21(20(29)16-19)32-10-12-33(13-11-32)26(35)24-5-2-14-38-24/h1-9,14-16H,10-13H2,(H2,30,31,34,37). The van der Waals surface area contributed by atoms with Gasteiger partial charge < -0.3 is 19.5 Å². The minimum absolute atomic E-state index is 0.0658. The Labute approximate surface area is 238 Å². The first-order chi connectivity index (χ1) is 18.4. The SMILES string of the molecule is O=C(NC(=S)Nc1ccc(N2CCN(C(=O)c3cccs3)CC2)c(Cl)c1)c1ccc(-c2cccc(Cl)c2)o1. The Bertz CT molecular complexity index is 1480. The fourth-order valence-electron chi connectivity index (χ4n) is 4.13. The number of piperazine rings is 1. The van der Waals surface area contributed by atoms with Gasteiger partial charge in [-0.05, 0) is 66.1 Å². The normalized spacial score (nSPS) is 13.3. The van der Waals surface area contributed by atoms with Crippen molar-refractivity contribution in [1.29, 1.82) is 0 Å². The molecule has 1 aliphatic heterocycles. The van der Waals surface area contributed by atoms with Crippen LogP contribution < -0.4 is 15.5 Å². The van der Waals surface area contributed by atoms with Crippen molar-refractivity contribution in [2.24, 2.45) is 0 Å². The van der Waals surface area contributed by atoms with Gasteiger partial charge in [0.15, 0.2) is 10.9 Å². The molecule has 0 spiro atoms. The van der Waals surface area contributed by atoms with Crippen LogP contribution in [0.3, 0.4) is 0 Å². The number of amides is 2. The number of anilines is 2. The van der Waals surface area contributed by atoms with E-state index in [1.54, 1.807) is 30.3 Å².